The van der Waals surface area contributed by atoms with Crippen molar-refractivity contribution in [3.8, 4) is 0 Å². The highest BCUT2D eigenvalue weighted by Gasteiger charge is 1.76. The number of nitrogens with zero attached hydrogens (tertiary/aromatic N) is 1. The largest absolute Gasteiger partial charge is 0.164 e. The van der Waals surface area contributed by atoms with Crippen LogP contribution in [0.4, 0.5) is 0 Å². The zero-order chi connectivity index (χ0) is 4.83. The molecule has 0 spiro atoms. The van der Waals surface area contributed by atoms with Crippen molar-refractivity contribution in [2.24, 2.45) is 0 Å². The first kappa shape index (κ1) is 6.98. The summed E-state index contributed by atoms with van der Waals surface area (Å²) in [6.45, 7) is 0. The van der Waals surface area contributed by atoms with Crippen molar-refractivity contribution in [1.82, 2.24) is 0 Å². The van der Waals surface area contributed by atoms with Crippen LogP contribution in [-0.2, 0) is 0 Å². The van der Waals surface area contributed by atoms with Crippen molar-refractivity contribution >= 4 is 40.9 Å². The molecule has 0 aliphatic heterocycles. The van der Waals surface area contributed by atoms with Crippen molar-refractivity contribution in [3.63, 3.8) is 0 Å². The van der Waals surface area contributed by atoms with Gasteiger partial charge in [0.1, 0.15) is 10.4 Å². The summed E-state index contributed by atoms with van der Waals surface area (Å²) in [7, 11) is 5.32. The van der Waals surface area contributed by atoms with Crippen molar-refractivity contribution in [3.05, 3.63) is 0 Å². The predicted octanol–water partition coefficient (Wildman–Crippen LogP) is 2.77. The Balaban J connectivity index is 2.54. The lowest BCUT2D eigenvalue weighted by atomic mass is 12.0. The van der Waals surface area contributed by atoms with E-state index >= 15 is 0 Å². The zero-order valence-corrected chi connectivity index (χ0v) is 6.35. The molecular weight excluding hydrogens is 154 g/mol. The minimum atomic E-state index is 0.785. The summed E-state index contributed by atoms with van der Waals surface area (Å²) >= 11 is 0. The van der Waals surface area contributed by atoms with Gasteiger partial charge in [0, 0.05) is 9.83 Å². The molecule has 0 heterocycles. The van der Waals surface area contributed by atoms with Crippen molar-refractivity contribution in [2.45, 2.75) is 0 Å². The van der Waals surface area contributed by atoms with Gasteiger partial charge in [-0.05, 0) is 16.1 Å². The molecule has 0 fully saturated rings. The van der Waals surface area contributed by atoms with Crippen LogP contribution in [-0.4, -0.2) is 6.26 Å². The standard InChI is InChI=1S/CH3NS4/c1-3-5-6-4-2/h1H3. The molecule has 0 unspecified atom stereocenters. The van der Waals surface area contributed by atoms with Crippen molar-refractivity contribution < 1.29 is 0 Å². The van der Waals surface area contributed by atoms with Crippen LogP contribution < -0.4 is 0 Å². The van der Waals surface area contributed by atoms with Gasteiger partial charge >= 0.3 is 0 Å². The van der Waals surface area contributed by atoms with E-state index in [1.165, 1.54) is 9.83 Å². The summed E-state index contributed by atoms with van der Waals surface area (Å²) in [5.41, 5.74) is 0. The first-order valence-electron chi connectivity index (χ1n) is 1.09. The first-order valence-corrected chi connectivity index (χ1v) is 6.27. The van der Waals surface area contributed by atoms with E-state index < -0.39 is 0 Å². The molecule has 1 nitrogen and oxygen atoms in total. The average molecular weight is 157 g/mol. The molecule has 6 heavy (non-hydrogen) atoms. The molecule has 0 amide bonds. The van der Waals surface area contributed by atoms with E-state index in [9.17, 15) is 0 Å². The maximum atomic E-state index is 8.04. The smallest absolute Gasteiger partial charge is 0.111 e. The summed E-state index contributed by atoms with van der Waals surface area (Å²) in [5.74, 6) is 0. The fourth-order valence-electron chi connectivity index (χ4n) is 0.0402. The van der Waals surface area contributed by atoms with E-state index in [2.05, 4.69) is 0 Å². The first-order chi connectivity index (χ1) is 2.91. The summed E-state index contributed by atoms with van der Waals surface area (Å²) < 4.78 is 8.04. The Hall–Kier alpha value is 0.980. The van der Waals surface area contributed by atoms with Crippen LogP contribution >= 0.6 is 40.9 Å². The molecule has 0 atom stereocenters. The van der Waals surface area contributed by atoms with Gasteiger partial charge in [-0.2, -0.15) is 4.61 Å². The molecule has 0 aliphatic carbocycles. The van der Waals surface area contributed by atoms with Crippen LogP contribution in [0.2, 0.25) is 0 Å². The molecule has 0 bridgehead atoms. The number of hydrogen-bond acceptors (Lipinski definition) is 4. The van der Waals surface area contributed by atoms with Gasteiger partial charge in [0.05, 0.1) is 0 Å². The Kier molecular flexibility index (Phi) is 6.96. The van der Waals surface area contributed by atoms with Crippen LogP contribution in [0.1, 0.15) is 0 Å². The summed E-state index contributed by atoms with van der Waals surface area (Å²) in [6.07, 6.45) is 1.97. The Bertz CT molecular complexity index is 55.1. The van der Waals surface area contributed by atoms with Gasteiger partial charge in [-0.25, -0.2) is 0 Å². The topological polar surface area (TPSA) is 23.8 Å². The fraction of sp³-hybridized carbons (Fsp3) is 1.00. The lowest BCUT2D eigenvalue weighted by Gasteiger charge is -1.75. The van der Waals surface area contributed by atoms with Crippen LogP contribution in [0.3, 0.4) is 0 Å². The third-order valence-corrected chi connectivity index (χ3v) is 4.91. The Morgan fingerprint density at radius 1 is 1.33 bits per heavy atom. The minimum absolute atomic E-state index is 0.785. The summed E-state index contributed by atoms with van der Waals surface area (Å²) in [6, 6.07) is 0. The van der Waals surface area contributed by atoms with Gasteiger partial charge in [-0.1, -0.05) is 10.8 Å². The third kappa shape index (κ3) is 4.98. The molecule has 5 heteroatoms. The van der Waals surface area contributed by atoms with Crippen LogP contribution in [0.5, 0.6) is 0 Å². The van der Waals surface area contributed by atoms with Crippen molar-refractivity contribution in [2.75, 3.05) is 6.26 Å². The van der Waals surface area contributed by atoms with E-state index in [1.807, 2.05) is 6.26 Å². The highest BCUT2D eigenvalue weighted by atomic mass is 33.7. The monoisotopic (exact) mass is 157 g/mol. The summed E-state index contributed by atoms with van der Waals surface area (Å²) in [4.78, 5) is 0. The van der Waals surface area contributed by atoms with Gasteiger partial charge in [-0.3, -0.25) is 0 Å². The SMILES string of the molecule is CSSSS#N. The maximum Gasteiger partial charge on any atom is 0.111 e. The highest BCUT2D eigenvalue weighted by molar-refractivity contribution is 9.24. The van der Waals surface area contributed by atoms with Gasteiger partial charge in [0.15, 0.2) is 0 Å². The van der Waals surface area contributed by atoms with E-state index in [0.717, 1.165) is 10.4 Å². The quantitative estimate of drug-likeness (QED) is 0.454. The summed E-state index contributed by atoms with van der Waals surface area (Å²) in [5, 5.41) is 0. The van der Waals surface area contributed by atoms with E-state index in [4.69, 9.17) is 4.61 Å². The maximum absolute atomic E-state index is 8.04. The van der Waals surface area contributed by atoms with Gasteiger partial charge in [-0.15, -0.1) is 0 Å². The molecule has 36 valence electrons. The molecule has 0 saturated heterocycles. The van der Waals surface area contributed by atoms with Crippen LogP contribution in [0, 0.1) is 4.61 Å². The molecule has 0 radical (unpaired) electrons. The lowest BCUT2D eigenvalue weighted by molar-refractivity contribution is 1.67. The highest BCUT2D eigenvalue weighted by Crippen LogP contribution is 2.35. The van der Waals surface area contributed by atoms with Gasteiger partial charge < -0.3 is 0 Å². The zero-order valence-electron chi connectivity index (χ0n) is 3.08. The molecule has 0 aliphatic rings. The van der Waals surface area contributed by atoms with Gasteiger partial charge in [0.2, 0.25) is 0 Å². The second-order valence-corrected chi connectivity index (χ2v) is 5.85. The molecule has 0 aromatic heterocycles. The van der Waals surface area contributed by atoms with E-state index in [1.54, 1.807) is 20.6 Å². The number of rotatable bonds is 2. The minimum Gasteiger partial charge on any atom is -0.164 e. The molecule has 0 rings (SSSR count). The lowest BCUT2D eigenvalue weighted by Crippen LogP contribution is -1.23. The Morgan fingerprint density at radius 2 is 2.00 bits per heavy atom. The normalized spacial score (nSPS) is 8.00. The fourth-order valence-corrected chi connectivity index (χ4v) is 3.26. The predicted molar refractivity (Wildman–Crippen MR) is 38.0 cm³/mol. The average Bonchev–Trinajstić information content (AvgIpc) is 1.61. The number of hydrogen-bond donors (Lipinski definition) is 0. The molecular formula is CH3NS4. The Morgan fingerprint density at radius 3 is 2.17 bits per heavy atom. The molecule has 0 aromatic carbocycles. The van der Waals surface area contributed by atoms with Crippen molar-refractivity contribution in [1.29, 1.82) is 4.61 Å². The third-order valence-electron chi connectivity index (χ3n) is 0.126. The molecule has 0 N–H and O–H groups in total. The Labute approximate surface area is 51.8 Å². The molecule has 0 saturated carbocycles. The van der Waals surface area contributed by atoms with Crippen LogP contribution in [0.25, 0.3) is 0 Å². The van der Waals surface area contributed by atoms with E-state index in [-0.39, 0.29) is 0 Å². The second kappa shape index (κ2) is 5.98. The molecule has 0 aromatic rings. The van der Waals surface area contributed by atoms with Gasteiger partial charge in [0.25, 0.3) is 0 Å². The van der Waals surface area contributed by atoms with E-state index in [0.29, 0.717) is 0 Å². The van der Waals surface area contributed by atoms with Crippen LogP contribution in [0.15, 0.2) is 0 Å². The second-order valence-electron chi connectivity index (χ2n) is 0.377.